The molecule has 0 radical (unpaired) electrons. The van der Waals surface area contributed by atoms with Gasteiger partial charge in [-0.1, -0.05) is 12.1 Å². The topological polar surface area (TPSA) is 82.7 Å². The van der Waals surface area contributed by atoms with E-state index in [4.69, 9.17) is 17.0 Å². The van der Waals surface area contributed by atoms with Gasteiger partial charge in [0.1, 0.15) is 11.3 Å². The molecule has 1 atom stereocenters. The van der Waals surface area contributed by atoms with Crippen molar-refractivity contribution in [1.29, 1.82) is 0 Å². The number of imide groups is 1. The van der Waals surface area contributed by atoms with Crippen LogP contribution in [0.1, 0.15) is 12.5 Å². The summed E-state index contributed by atoms with van der Waals surface area (Å²) < 4.78 is 5.08. The van der Waals surface area contributed by atoms with Gasteiger partial charge >= 0.3 is 6.03 Å². The number of hydrogen-bond acceptors (Lipinski definition) is 4. The number of nitrogens with one attached hydrogen (secondary N) is 3. The third kappa shape index (κ3) is 2.62. The van der Waals surface area contributed by atoms with Crippen molar-refractivity contribution in [2.24, 2.45) is 0 Å². The van der Waals surface area contributed by atoms with E-state index in [1.165, 1.54) is 0 Å². The zero-order valence-corrected chi connectivity index (χ0v) is 12.7. The third-order valence-corrected chi connectivity index (χ3v) is 3.59. The minimum atomic E-state index is -1.15. The number of rotatable bonds is 3. The van der Waals surface area contributed by atoms with Crippen LogP contribution in [0.2, 0.25) is 0 Å². The molecule has 1 aromatic rings. The largest absolute Gasteiger partial charge is 0.497 e. The van der Waals surface area contributed by atoms with Crippen molar-refractivity contribution in [3.63, 3.8) is 0 Å². The van der Waals surface area contributed by atoms with Crippen LogP contribution < -0.4 is 20.8 Å². The summed E-state index contributed by atoms with van der Waals surface area (Å²) in [6.45, 7) is 1.64. The van der Waals surface area contributed by atoms with E-state index in [9.17, 15) is 9.59 Å². The van der Waals surface area contributed by atoms with Gasteiger partial charge in [-0.15, -0.1) is 0 Å². The number of hydrogen-bond donors (Lipinski definition) is 3. The molecule has 8 heteroatoms. The number of methoxy groups -OCH3 is 1. The molecule has 112 valence electrons. The fourth-order valence-electron chi connectivity index (χ4n) is 2.02. The minimum absolute atomic E-state index is 0.178. The number of nitrogens with zero attached hydrogens (tertiary/aromatic N) is 1. The van der Waals surface area contributed by atoms with Crippen molar-refractivity contribution >= 4 is 29.3 Å². The van der Waals surface area contributed by atoms with Crippen LogP contribution in [0.15, 0.2) is 24.3 Å². The summed E-state index contributed by atoms with van der Waals surface area (Å²) >= 11 is 4.91. The number of hydrazine groups is 1. The highest BCUT2D eigenvalue weighted by atomic mass is 32.1. The molecule has 0 aliphatic carbocycles. The highest BCUT2D eigenvalue weighted by Gasteiger charge is 2.49. The van der Waals surface area contributed by atoms with Gasteiger partial charge in [-0.2, -0.15) is 5.01 Å². The lowest BCUT2D eigenvalue weighted by atomic mass is 9.92. The Balaban J connectivity index is 2.28. The molecule has 0 bridgehead atoms. The Morgan fingerprint density at radius 3 is 2.48 bits per heavy atom. The molecule has 0 aromatic heterocycles. The monoisotopic (exact) mass is 308 g/mol. The highest BCUT2D eigenvalue weighted by Crippen LogP contribution is 2.29. The second-order valence-corrected chi connectivity index (χ2v) is 5.02. The highest BCUT2D eigenvalue weighted by molar-refractivity contribution is 7.80. The standard InChI is InChI=1S/C13H16N4O3S/c1-13(8-4-6-9(20-3)7-5-8)10(18)17(12(19)15-13)16-11(21)14-2/h4-7H,1-3H3,(H,15,19)(H2,14,16,21)/t13-/m1/s1. The minimum Gasteiger partial charge on any atom is -0.497 e. The molecule has 1 heterocycles. The third-order valence-electron chi connectivity index (χ3n) is 3.30. The Labute approximate surface area is 127 Å². The first-order valence-corrected chi connectivity index (χ1v) is 6.63. The molecule has 7 nitrogen and oxygen atoms in total. The van der Waals surface area contributed by atoms with E-state index in [0.29, 0.717) is 11.3 Å². The van der Waals surface area contributed by atoms with Gasteiger partial charge in [0, 0.05) is 7.05 Å². The van der Waals surface area contributed by atoms with Gasteiger partial charge in [-0.25, -0.2) is 4.79 Å². The van der Waals surface area contributed by atoms with Crippen LogP contribution in [-0.4, -0.2) is 36.2 Å². The van der Waals surface area contributed by atoms with E-state index in [1.807, 2.05) is 0 Å². The van der Waals surface area contributed by atoms with E-state index < -0.39 is 17.5 Å². The lowest BCUT2D eigenvalue weighted by Crippen LogP contribution is -2.50. The van der Waals surface area contributed by atoms with Crippen molar-refractivity contribution in [1.82, 2.24) is 21.1 Å². The predicted octanol–water partition coefficient (Wildman–Crippen LogP) is 0.471. The van der Waals surface area contributed by atoms with Crippen LogP contribution in [0.25, 0.3) is 0 Å². The molecule has 1 aromatic carbocycles. The van der Waals surface area contributed by atoms with Gasteiger partial charge in [0.2, 0.25) is 0 Å². The Morgan fingerprint density at radius 2 is 1.95 bits per heavy atom. The molecule has 0 saturated carbocycles. The number of urea groups is 1. The second kappa shape index (κ2) is 5.57. The van der Waals surface area contributed by atoms with Crippen LogP contribution in [0.3, 0.4) is 0 Å². The van der Waals surface area contributed by atoms with Gasteiger partial charge in [0.25, 0.3) is 5.91 Å². The quantitative estimate of drug-likeness (QED) is 0.556. The summed E-state index contributed by atoms with van der Waals surface area (Å²) in [6, 6.07) is 6.37. The second-order valence-electron chi connectivity index (χ2n) is 4.62. The first kappa shape index (κ1) is 15.0. The van der Waals surface area contributed by atoms with E-state index in [-0.39, 0.29) is 5.11 Å². The van der Waals surface area contributed by atoms with E-state index in [2.05, 4.69) is 16.1 Å². The van der Waals surface area contributed by atoms with E-state index in [0.717, 1.165) is 5.01 Å². The Hall–Kier alpha value is -2.35. The summed E-state index contributed by atoms with van der Waals surface area (Å²) in [7, 11) is 3.15. The van der Waals surface area contributed by atoms with Gasteiger partial charge in [-0.3, -0.25) is 10.2 Å². The molecule has 1 aliphatic heterocycles. The molecule has 21 heavy (non-hydrogen) atoms. The van der Waals surface area contributed by atoms with Gasteiger partial charge in [-0.05, 0) is 36.8 Å². The van der Waals surface area contributed by atoms with Crippen molar-refractivity contribution in [3.05, 3.63) is 29.8 Å². The Morgan fingerprint density at radius 1 is 1.33 bits per heavy atom. The normalized spacial score (nSPS) is 21.0. The molecule has 1 fully saturated rings. The molecule has 3 N–H and O–H groups in total. The summed E-state index contributed by atoms with van der Waals surface area (Å²) in [4.78, 5) is 24.5. The first-order chi connectivity index (χ1) is 9.92. The number of ether oxygens (including phenoxy) is 1. The smallest absolute Gasteiger partial charge is 0.344 e. The number of carbonyl (C=O) groups is 2. The Bertz CT molecular complexity index is 590. The van der Waals surface area contributed by atoms with Crippen molar-refractivity contribution < 1.29 is 14.3 Å². The molecule has 0 spiro atoms. The lowest BCUT2D eigenvalue weighted by Gasteiger charge is -2.22. The van der Waals surface area contributed by atoms with Crippen LogP contribution in [-0.2, 0) is 10.3 Å². The molecular weight excluding hydrogens is 292 g/mol. The summed E-state index contributed by atoms with van der Waals surface area (Å²) in [5.74, 6) is 0.237. The number of carbonyl (C=O) groups excluding carboxylic acids is 2. The number of benzene rings is 1. The maximum absolute atomic E-state index is 12.5. The van der Waals surface area contributed by atoms with E-state index >= 15 is 0 Å². The van der Waals surface area contributed by atoms with Crippen molar-refractivity contribution in [2.45, 2.75) is 12.5 Å². The average molecular weight is 308 g/mol. The van der Waals surface area contributed by atoms with Crippen LogP contribution in [0.4, 0.5) is 4.79 Å². The fourth-order valence-corrected chi connectivity index (χ4v) is 2.11. The van der Waals surface area contributed by atoms with E-state index in [1.54, 1.807) is 45.3 Å². The van der Waals surface area contributed by atoms with Crippen LogP contribution >= 0.6 is 12.2 Å². The SMILES string of the molecule is CNC(=S)NN1C(=O)N[C@](C)(c2ccc(OC)cc2)C1=O. The zero-order valence-electron chi connectivity index (χ0n) is 11.9. The zero-order chi connectivity index (χ0) is 15.6. The molecule has 1 saturated heterocycles. The predicted molar refractivity (Wildman–Crippen MR) is 80.5 cm³/mol. The summed E-state index contributed by atoms with van der Waals surface area (Å²) in [5, 5.41) is 6.35. The van der Waals surface area contributed by atoms with Crippen LogP contribution in [0, 0.1) is 0 Å². The fraction of sp³-hybridized carbons (Fsp3) is 0.308. The number of amides is 3. The maximum Gasteiger partial charge on any atom is 0.344 e. The Kier molecular flexibility index (Phi) is 3.99. The number of thiocarbonyl (C=S) groups is 1. The van der Waals surface area contributed by atoms with Gasteiger partial charge in [0.15, 0.2) is 5.11 Å². The maximum atomic E-state index is 12.5. The molecule has 0 unspecified atom stereocenters. The molecule has 1 aliphatic rings. The van der Waals surface area contributed by atoms with Gasteiger partial charge in [0.05, 0.1) is 7.11 Å². The lowest BCUT2D eigenvalue weighted by molar-refractivity contribution is -0.132. The average Bonchev–Trinajstić information content (AvgIpc) is 2.71. The van der Waals surface area contributed by atoms with Crippen molar-refractivity contribution in [2.75, 3.05) is 14.2 Å². The van der Waals surface area contributed by atoms with Gasteiger partial charge < -0.3 is 15.4 Å². The van der Waals surface area contributed by atoms with Crippen LogP contribution in [0.5, 0.6) is 5.75 Å². The summed E-state index contributed by atoms with van der Waals surface area (Å²) in [6.07, 6.45) is 0. The molecule has 3 amide bonds. The molecular formula is C13H16N4O3S. The molecule has 2 rings (SSSR count). The first-order valence-electron chi connectivity index (χ1n) is 6.22. The van der Waals surface area contributed by atoms with Crippen molar-refractivity contribution in [3.8, 4) is 5.75 Å². The summed E-state index contributed by atoms with van der Waals surface area (Å²) in [5.41, 5.74) is 2.04.